The minimum atomic E-state index is 1.32. The fourth-order valence-corrected chi connectivity index (χ4v) is 10.9. The van der Waals surface area contributed by atoms with Crippen LogP contribution in [0, 0.1) is 0 Å². The molecule has 0 fully saturated rings. The molecule has 0 aliphatic rings. The molecule has 0 saturated carbocycles. The molecule has 12 aromatic rings. The van der Waals surface area contributed by atoms with Gasteiger partial charge in [-0.05, 0) is 68.7 Å². The molecule has 0 nitrogen and oxygen atoms in total. The monoisotopic (exact) mass is 702 g/mol. The predicted octanol–water partition coefficient (Wildman–Crippen LogP) is 15.6. The van der Waals surface area contributed by atoms with Crippen molar-refractivity contribution >= 4 is 127 Å². The molecule has 3 heterocycles. The van der Waals surface area contributed by atoms with Crippen LogP contribution in [0.2, 0.25) is 0 Å². The highest BCUT2D eigenvalue weighted by Gasteiger charge is 2.09. The molecule has 3 heteroatoms. The zero-order valence-electron chi connectivity index (χ0n) is 27.5. The average Bonchev–Trinajstić information content (AvgIpc) is 3.89. The van der Waals surface area contributed by atoms with Crippen molar-refractivity contribution in [2.75, 3.05) is 0 Å². The van der Waals surface area contributed by atoms with E-state index in [0.29, 0.717) is 0 Å². The van der Waals surface area contributed by atoms with E-state index in [1.165, 1.54) is 92.8 Å². The van der Waals surface area contributed by atoms with Gasteiger partial charge in [-0.1, -0.05) is 146 Å². The molecule has 9 aromatic carbocycles. The lowest BCUT2D eigenvalue weighted by atomic mass is 10.0. The normalized spacial score (nSPS) is 11.5. The van der Waals surface area contributed by atoms with Gasteiger partial charge in [-0.15, -0.1) is 34.0 Å². The van der Waals surface area contributed by atoms with E-state index in [1.807, 2.05) is 34.0 Å². The van der Waals surface area contributed by atoms with E-state index in [0.717, 1.165) is 0 Å². The fourth-order valence-electron chi connectivity index (χ4n) is 7.36. The zero-order valence-corrected chi connectivity index (χ0v) is 30.0. The van der Waals surface area contributed by atoms with Gasteiger partial charge in [0, 0.05) is 60.5 Å². The van der Waals surface area contributed by atoms with E-state index >= 15 is 0 Å². The second kappa shape index (κ2) is 12.6. The van der Waals surface area contributed by atoms with Crippen LogP contribution in [0.1, 0.15) is 0 Å². The van der Waals surface area contributed by atoms with E-state index in [9.17, 15) is 0 Å². The summed E-state index contributed by atoms with van der Waals surface area (Å²) >= 11 is 5.64. The average molecular weight is 703 g/mol. The standard InChI is InChI=1S/3C16H10S/c1-2-6-12-10-16-14(9-11(12)5-1)13-7-3-4-8-15(13)17-16;1-2-6-12-11(5-1)9-10-14-13-7-3-4-8-15(13)17-16(12)14;1-2-6-12-11(5-1)9-10-15-16(12)13-7-3-4-8-14(13)17-15/h3*1-10H. The van der Waals surface area contributed by atoms with Crippen LogP contribution in [0.5, 0.6) is 0 Å². The van der Waals surface area contributed by atoms with E-state index in [4.69, 9.17) is 0 Å². The largest absolute Gasteiger partial charge is 0.135 e. The summed E-state index contributed by atoms with van der Waals surface area (Å²) in [5, 5.41) is 16.3. The minimum Gasteiger partial charge on any atom is -0.135 e. The van der Waals surface area contributed by atoms with Gasteiger partial charge in [-0.25, -0.2) is 0 Å². The Hall–Kier alpha value is -5.58. The third kappa shape index (κ3) is 5.33. The number of hydrogen-bond donors (Lipinski definition) is 0. The first kappa shape index (κ1) is 30.3. The van der Waals surface area contributed by atoms with Crippen molar-refractivity contribution < 1.29 is 0 Å². The topological polar surface area (TPSA) is 0 Å². The van der Waals surface area contributed by atoms with E-state index in [-0.39, 0.29) is 0 Å². The molecule has 51 heavy (non-hydrogen) atoms. The van der Waals surface area contributed by atoms with Crippen molar-refractivity contribution in [3.63, 3.8) is 0 Å². The minimum absolute atomic E-state index is 1.32. The van der Waals surface area contributed by atoms with Crippen LogP contribution >= 0.6 is 34.0 Å². The Labute approximate surface area is 307 Å². The van der Waals surface area contributed by atoms with Crippen molar-refractivity contribution in [1.29, 1.82) is 0 Å². The molecule has 240 valence electrons. The summed E-state index contributed by atoms with van der Waals surface area (Å²) in [6.45, 7) is 0. The maximum Gasteiger partial charge on any atom is 0.0433 e. The quantitative estimate of drug-likeness (QED) is 0.148. The van der Waals surface area contributed by atoms with Gasteiger partial charge in [0.2, 0.25) is 0 Å². The van der Waals surface area contributed by atoms with Crippen molar-refractivity contribution in [3.8, 4) is 0 Å². The maximum absolute atomic E-state index is 2.31. The van der Waals surface area contributed by atoms with Crippen LogP contribution in [-0.2, 0) is 0 Å². The van der Waals surface area contributed by atoms with E-state index in [2.05, 4.69) is 182 Å². The number of hydrogen-bond acceptors (Lipinski definition) is 3. The molecule has 0 aliphatic heterocycles. The third-order valence-corrected chi connectivity index (χ3v) is 13.3. The summed E-state index contributed by atoms with van der Waals surface area (Å²) in [6, 6.07) is 65.3. The smallest absolute Gasteiger partial charge is 0.0433 e. The highest BCUT2D eigenvalue weighted by molar-refractivity contribution is 7.27. The van der Waals surface area contributed by atoms with Gasteiger partial charge in [0.15, 0.2) is 0 Å². The van der Waals surface area contributed by atoms with Crippen LogP contribution < -0.4 is 0 Å². The van der Waals surface area contributed by atoms with Crippen LogP contribution in [0.3, 0.4) is 0 Å². The molecule has 0 saturated heterocycles. The predicted molar refractivity (Wildman–Crippen MR) is 231 cm³/mol. The van der Waals surface area contributed by atoms with E-state index < -0.39 is 0 Å². The van der Waals surface area contributed by atoms with Crippen LogP contribution in [0.15, 0.2) is 182 Å². The molecule has 3 aromatic heterocycles. The van der Waals surface area contributed by atoms with Gasteiger partial charge < -0.3 is 0 Å². The summed E-state index contributed by atoms with van der Waals surface area (Å²) < 4.78 is 8.29. The molecule has 0 atom stereocenters. The highest BCUT2D eigenvalue weighted by Crippen LogP contribution is 2.40. The highest BCUT2D eigenvalue weighted by atomic mass is 32.1. The molecule has 0 unspecified atom stereocenters. The van der Waals surface area contributed by atoms with Crippen molar-refractivity contribution in [2.24, 2.45) is 0 Å². The van der Waals surface area contributed by atoms with Crippen LogP contribution in [-0.4, -0.2) is 0 Å². The Kier molecular flexibility index (Phi) is 7.50. The van der Waals surface area contributed by atoms with Crippen molar-refractivity contribution in [1.82, 2.24) is 0 Å². The second-order valence-electron chi connectivity index (χ2n) is 12.8. The summed E-state index contributed by atoms with van der Waals surface area (Å²) in [7, 11) is 0. The molecule has 12 rings (SSSR count). The van der Waals surface area contributed by atoms with Gasteiger partial charge in [0.25, 0.3) is 0 Å². The number of rotatable bonds is 0. The lowest BCUT2D eigenvalue weighted by Crippen LogP contribution is -1.72. The SMILES string of the molecule is c1ccc2c(c1)ccc1c3ccccc3sc21.c1ccc2c(c1)ccc1sc3ccccc3c12.c1ccc2cc3c(cc2c1)sc1ccccc13. The first-order valence-corrected chi connectivity index (χ1v) is 19.6. The maximum atomic E-state index is 2.31. The Morgan fingerprint density at radius 1 is 0.235 bits per heavy atom. The van der Waals surface area contributed by atoms with Crippen molar-refractivity contribution in [3.05, 3.63) is 182 Å². The third-order valence-electron chi connectivity index (χ3n) is 9.78. The zero-order chi connectivity index (χ0) is 33.7. The summed E-state index contributed by atoms with van der Waals surface area (Å²) in [4.78, 5) is 0. The van der Waals surface area contributed by atoms with Gasteiger partial charge in [0.05, 0.1) is 0 Å². The molecule has 0 bridgehead atoms. The van der Waals surface area contributed by atoms with E-state index in [1.54, 1.807) is 0 Å². The number of thiophene rings is 3. The molecule has 0 amide bonds. The first-order valence-electron chi connectivity index (χ1n) is 17.2. The molecule has 0 spiro atoms. The lowest BCUT2D eigenvalue weighted by molar-refractivity contribution is 1.81. The molecular weight excluding hydrogens is 673 g/mol. The van der Waals surface area contributed by atoms with Gasteiger partial charge >= 0.3 is 0 Å². The summed E-state index contributed by atoms with van der Waals surface area (Å²) in [6.07, 6.45) is 0. The molecule has 0 aliphatic carbocycles. The second-order valence-corrected chi connectivity index (χ2v) is 16.0. The number of benzene rings is 9. The van der Waals surface area contributed by atoms with Gasteiger partial charge in [0.1, 0.15) is 0 Å². The Bertz CT molecular complexity index is 3160. The first-order chi connectivity index (χ1) is 25.3. The van der Waals surface area contributed by atoms with Gasteiger partial charge in [-0.2, -0.15) is 0 Å². The Morgan fingerprint density at radius 3 is 1.43 bits per heavy atom. The van der Waals surface area contributed by atoms with Crippen LogP contribution in [0.4, 0.5) is 0 Å². The van der Waals surface area contributed by atoms with Gasteiger partial charge in [-0.3, -0.25) is 0 Å². The molecule has 0 radical (unpaired) electrons. The Balaban J connectivity index is 0.0000000963. The number of fused-ring (bicyclic) bond motifs is 14. The van der Waals surface area contributed by atoms with Crippen molar-refractivity contribution in [2.45, 2.75) is 0 Å². The fraction of sp³-hybridized carbons (Fsp3) is 0. The molecular formula is C48H30S3. The molecule has 0 N–H and O–H groups in total. The Morgan fingerprint density at radius 2 is 0.706 bits per heavy atom. The van der Waals surface area contributed by atoms with Crippen LogP contribution in [0.25, 0.3) is 92.8 Å². The summed E-state index contributed by atoms with van der Waals surface area (Å²) in [5.74, 6) is 0. The summed E-state index contributed by atoms with van der Waals surface area (Å²) in [5.41, 5.74) is 0. The lowest BCUT2D eigenvalue weighted by Gasteiger charge is -1.99.